The van der Waals surface area contributed by atoms with Gasteiger partial charge in [0.15, 0.2) is 0 Å². The number of carbonyl (C=O) groups excluding carboxylic acids is 2. The molecule has 2 rings (SSSR count). The van der Waals surface area contributed by atoms with Crippen molar-refractivity contribution in [1.29, 1.82) is 0 Å². The minimum absolute atomic E-state index is 0.0261. The number of amides is 2. The van der Waals surface area contributed by atoms with Crippen LogP contribution in [0, 0.1) is 13.8 Å². The van der Waals surface area contributed by atoms with Gasteiger partial charge in [-0.05, 0) is 49.7 Å². The molecule has 26 heavy (non-hydrogen) atoms. The highest BCUT2D eigenvalue weighted by molar-refractivity contribution is 7.89. The van der Waals surface area contributed by atoms with Crippen molar-refractivity contribution in [3.05, 3.63) is 59.2 Å². The van der Waals surface area contributed by atoms with Crippen molar-refractivity contribution in [1.82, 2.24) is 4.72 Å². The third kappa shape index (κ3) is 5.14. The van der Waals surface area contributed by atoms with Crippen LogP contribution < -0.4 is 15.8 Å². The number of hydrogen-bond donors (Lipinski definition) is 3. The smallest absolute Gasteiger partial charge is 0.248 e. The molecule has 8 heteroatoms. The maximum absolute atomic E-state index is 12.3. The highest BCUT2D eigenvalue weighted by Gasteiger charge is 2.16. The molecule has 0 aliphatic heterocycles. The molecule has 0 radical (unpaired) electrons. The lowest BCUT2D eigenvalue weighted by Gasteiger charge is -2.10. The van der Waals surface area contributed by atoms with Gasteiger partial charge in [-0.1, -0.05) is 17.7 Å². The number of anilines is 1. The third-order valence-corrected chi connectivity index (χ3v) is 5.34. The molecule has 4 N–H and O–H groups in total. The van der Waals surface area contributed by atoms with Gasteiger partial charge in [0.1, 0.15) is 0 Å². The monoisotopic (exact) mass is 375 g/mol. The molecule has 0 fully saturated rings. The van der Waals surface area contributed by atoms with Crippen LogP contribution >= 0.6 is 0 Å². The predicted octanol–water partition coefficient (Wildman–Crippen LogP) is 1.71. The summed E-state index contributed by atoms with van der Waals surface area (Å²) in [5.41, 5.74) is 7.61. The Morgan fingerprint density at radius 1 is 1.04 bits per heavy atom. The van der Waals surface area contributed by atoms with E-state index in [0.717, 1.165) is 5.56 Å². The number of benzene rings is 2. The third-order valence-electron chi connectivity index (χ3n) is 3.72. The predicted molar refractivity (Wildman–Crippen MR) is 99.3 cm³/mol. The summed E-state index contributed by atoms with van der Waals surface area (Å²) >= 11 is 0. The van der Waals surface area contributed by atoms with Crippen molar-refractivity contribution in [2.45, 2.75) is 25.2 Å². The van der Waals surface area contributed by atoms with E-state index in [1.54, 1.807) is 37.3 Å². The van der Waals surface area contributed by atoms with E-state index in [-0.39, 0.29) is 23.8 Å². The van der Waals surface area contributed by atoms with E-state index >= 15 is 0 Å². The quantitative estimate of drug-likeness (QED) is 0.682. The summed E-state index contributed by atoms with van der Waals surface area (Å²) in [5.74, 6) is -0.899. The summed E-state index contributed by atoms with van der Waals surface area (Å²) in [6, 6.07) is 11.2. The van der Waals surface area contributed by atoms with Crippen molar-refractivity contribution in [2.24, 2.45) is 5.73 Å². The molecule has 0 unspecified atom stereocenters. The first kappa shape index (κ1) is 19.6. The molecule has 0 saturated heterocycles. The first-order chi connectivity index (χ1) is 12.2. The van der Waals surface area contributed by atoms with Crippen molar-refractivity contribution >= 4 is 27.5 Å². The number of carbonyl (C=O) groups is 2. The van der Waals surface area contributed by atoms with Gasteiger partial charge in [0.25, 0.3) is 0 Å². The van der Waals surface area contributed by atoms with Crippen molar-refractivity contribution in [2.75, 3.05) is 11.9 Å². The van der Waals surface area contributed by atoms with E-state index in [9.17, 15) is 18.0 Å². The van der Waals surface area contributed by atoms with Gasteiger partial charge < -0.3 is 11.1 Å². The Balaban J connectivity index is 1.90. The number of sulfonamides is 1. The van der Waals surface area contributed by atoms with Gasteiger partial charge in [0, 0.05) is 24.2 Å². The van der Waals surface area contributed by atoms with Gasteiger partial charge in [-0.15, -0.1) is 0 Å². The average Bonchev–Trinajstić information content (AvgIpc) is 2.54. The second kappa shape index (κ2) is 8.11. The number of hydrogen-bond acceptors (Lipinski definition) is 4. The molecule has 0 spiro atoms. The minimum Gasteiger partial charge on any atom is -0.366 e. The lowest BCUT2D eigenvalue weighted by molar-refractivity contribution is -0.116. The Hall–Kier alpha value is -2.71. The first-order valence-corrected chi connectivity index (χ1v) is 9.44. The Bertz CT molecular complexity index is 922. The fourth-order valence-corrected chi connectivity index (χ4v) is 3.68. The van der Waals surface area contributed by atoms with E-state index < -0.39 is 15.9 Å². The number of aryl methyl sites for hydroxylation is 2. The van der Waals surface area contributed by atoms with E-state index in [0.29, 0.717) is 16.8 Å². The molecular weight excluding hydrogens is 354 g/mol. The molecule has 138 valence electrons. The molecule has 2 aromatic rings. The van der Waals surface area contributed by atoms with Crippen LogP contribution in [-0.2, 0) is 14.8 Å². The Labute approximate surface area is 152 Å². The Kier molecular flexibility index (Phi) is 6.12. The molecule has 0 aliphatic rings. The molecular formula is C18H21N3O4S. The molecule has 0 saturated carbocycles. The summed E-state index contributed by atoms with van der Waals surface area (Å²) < 4.78 is 27.1. The van der Waals surface area contributed by atoms with Gasteiger partial charge in [0.2, 0.25) is 21.8 Å². The summed E-state index contributed by atoms with van der Waals surface area (Å²) in [4.78, 5) is 23.1. The molecule has 0 atom stereocenters. The fraction of sp³-hybridized carbons (Fsp3) is 0.222. The van der Waals surface area contributed by atoms with Gasteiger partial charge in [-0.3, -0.25) is 9.59 Å². The van der Waals surface area contributed by atoms with Gasteiger partial charge >= 0.3 is 0 Å². The second-order valence-corrected chi connectivity index (χ2v) is 7.64. The Morgan fingerprint density at radius 3 is 2.27 bits per heavy atom. The number of nitrogens with two attached hydrogens (primary N) is 1. The van der Waals surface area contributed by atoms with E-state index in [1.165, 1.54) is 12.1 Å². The zero-order valence-electron chi connectivity index (χ0n) is 14.6. The molecule has 2 aromatic carbocycles. The minimum atomic E-state index is -3.67. The summed E-state index contributed by atoms with van der Waals surface area (Å²) in [6.45, 7) is 3.59. The highest BCUT2D eigenvalue weighted by Crippen LogP contribution is 2.16. The van der Waals surface area contributed by atoms with E-state index in [2.05, 4.69) is 10.0 Å². The zero-order chi connectivity index (χ0) is 19.3. The van der Waals surface area contributed by atoms with Crippen LogP contribution in [0.2, 0.25) is 0 Å². The van der Waals surface area contributed by atoms with Gasteiger partial charge in [-0.2, -0.15) is 0 Å². The van der Waals surface area contributed by atoms with E-state index in [1.807, 2.05) is 6.92 Å². The number of rotatable bonds is 7. The molecule has 7 nitrogen and oxygen atoms in total. The van der Waals surface area contributed by atoms with Crippen LogP contribution in [0.5, 0.6) is 0 Å². The lowest BCUT2D eigenvalue weighted by Crippen LogP contribution is -2.28. The van der Waals surface area contributed by atoms with Crippen molar-refractivity contribution in [3.63, 3.8) is 0 Å². The number of nitrogens with one attached hydrogen (secondary N) is 2. The molecule has 0 aliphatic carbocycles. The first-order valence-electron chi connectivity index (χ1n) is 7.96. The van der Waals surface area contributed by atoms with Crippen molar-refractivity contribution < 1.29 is 18.0 Å². The van der Waals surface area contributed by atoms with Crippen LogP contribution in [0.3, 0.4) is 0 Å². The molecule has 0 bridgehead atoms. The van der Waals surface area contributed by atoms with E-state index in [4.69, 9.17) is 5.73 Å². The zero-order valence-corrected chi connectivity index (χ0v) is 15.4. The highest BCUT2D eigenvalue weighted by atomic mass is 32.2. The van der Waals surface area contributed by atoms with Crippen molar-refractivity contribution in [3.8, 4) is 0 Å². The SMILES string of the molecule is Cc1ccc(S(=O)(=O)NCCC(=O)Nc2ccc(C(N)=O)cc2)c(C)c1. The lowest BCUT2D eigenvalue weighted by atomic mass is 10.2. The summed E-state index contributed by atoms with van der Waals surface area (Å²) in [7, 11) is -3.67. The molecule has 2 amide bonds. The number of primary amides is 1. The maximum Gasteiger partial charge on any atom is 0.248 e. The fourth-order valence-electron chi connectivity index (χ4n) is 2.42. The van der Waals surface area contributed by atoms with Gasteiger partial charge in [0.05, 0.1) is 4.90 Å². The largest absolute Gasteiger partial charge is 0.366 e. The standard InChI is InChI=1S/C18H21N3O4S/c1-12-3-8-16(13(2)11-12)26(24,25)20-10-9-17(22)21-15-6-4-14(5-7-15)18(19)23/h3-8,11,20H,9-10H2,1-2H3,(H2,19,23)(H,21,22). The molecule has 0 aromatic heterocycles. The average molecular weight is 375 g/mol. The molecule has 0 heterocycles. The normalized spacial score (nSPS) is 11.2. The Morgan fingerprint density at radius 2 is 1.69 bits per heavy atom. The van der Waals surface area contributed by atoms with Gasteiger partial charge in [-0.25, -0.2) is 13.1 Å². The van der Waals surface area contributed by atoms with Crippen LogP contribution in [0.25, 0.3) is 0 Å². The second-order valence-electron chi connectivity index (χ2n) is 5.91. The topological polar surface area (TPSA) is 118 Å². The van der Waals surface area contributed by atoms with Crippen LogP contribution in [0.4, 0.5) is 5.69 Å². The van der Waals surface area contributed by atoms with Crippen LogP contribution in [-0.4, -0.2) is 26.8 Å². The van der Waals surface area contributed by atoms with Crippen LogP contribution in [0.1, 0.15) is 27.9 Å². The van der Waals surface area contributed by atoms with Crippen LogP contribution in [0.15, 0.2) is 47.4 Å². The summed E-state index contributed by atoms with van der Waals surface area (Å²) in [5, 5.41) is 2.63. The summed E-state index contributed by atoms with van der Waals surface area (Å²) in [6.07, 6.45) is -0.0261. The maximum atomic E-state index is 12.3.